The van der Waals surface area contributed by atoms with Crippen LogP contribution in [0.3, 0.4) is 0 Å². The molecule has 0 aromatic heterocycles. The maximum atomic E-state index is 10.4. The van der Waals surface area contributed by atoms with Crippen LogP contribution in [-0.2, 0) is 24.7 Å². The molecule has 0 aliphatic heterocycles. The Labute approximate surface area is 129 Å². The van der Waals surface area contributed by atoms with Crippen LogP contribution in [0, 0.1) is 0 Å². The molecule has 9 N–H and O–H groups in total. The molecule has 0 heterocycles. The van der Waals surface area contributed by atoms with Gasteiger partial charge < -0.3 is 40.6 Å². The lowest BCUT2D eigenvalue weighted by Gasteiger charge is -2.06. The summed E-state index contributed by atoms with van der Waals surface area (Å²) in [6, 6.07) is 3.09. The maximum absolute atomic E-state index is 10.4. The minimum atomic E-state index is -5.05. The molecule has 0 spiro atoms. The third-order valence-corrected chi connectivity index (χ3v) is 3.73. The van der Waals surface area contributed by atoms with Crippen molar-refractivity contribution in [2.24, 2.45) is 5.73 Å². The van der Waals surface area contributed by atoms with E-state index in [2.05, 4.69) is 4.31 Å². The van der Waals surface area contributed by atoms with Gasteiger partial charge in [0.05, 0.1) is 0 Å². The molecule has 0 unspecified atom stereocenters. The highest BCUT2D eigenvalue weighted by molar-refractivity contribution is 7.60. The van der Waals surface area contributed by atoms with Crippen molar-refractivity contribution >= 4 is 21.6 Å². The molecule has 14 heteroatoms. The van der Waals surface area contributed by atoms with Crippen LogP contribution in [0.25, 0.3) is 0 Å². The molecule has 12 nitrogen and oxygen atoms in total. The molecule has 23 heavy (non-hydrogen) atoms. The number of phenolic OH excluding ortho intramolecular Hbond substituents is 2. The van der Waals surface area contributed by atoms with E-state index in [1.165, 1.54) is 18.2 Å². The molecule has 0 radical (unpaired) electrons. The highest BCUT2D eigenvalue weighted by Crippen LogP contribution is 2.53. The molecule has 1 aromatic carbocycles. The van der Waals surface area contributed by atoms with Crippen LogP contribution >= 0.6 is 15.6 Å². The molecule has 0 amide bonds. The molecule has 0 fully saturated rings. The highest BCUT2D eigenvalue weighted by atomic mass is 31.3. The van der Waals surface area contributed by atoms with Crippen LogP contribution in [0.5, 0.6) is 11.5 Å². The zero-order valence-electron chi connectivity index (χ0n) is 11.3. The van der Waals surface area contributed by atoms with Gasteiger partial charge in [0.2, 0.25) is 0 Å². The largest absolute Gasteiger partial charge is 0.504 e. The van der Waals surface area contributed by atoms with E-state index in [1.807, 2.05) is 0 Å². The maximum Gasteiger partial charge on any atom is 0.478 e. The minimum Gasteiger partial charge on any atom is -0.504 e. The summed E-state index contributed by atoms with van der Waals surface area (Å²) < 4.78 is 22.2. The Morgan fingerprint density at radius 3 is 1.87 bits per heavy atom. The van der Waals surface area contributed by atoms with Gasteiger partial charge in [0.1, 0.15) is 6.04 Å². The summed E-state index contributed by atoms with van der Waals surface area (Å²) in [4.78, 5) is 41.4. The summed E-state index contributed by atoms with van der Waals surface area (Å²) in [6.07, 6.45) is 0.114. The third kappa shape index (κ3) is 10.8. The van der Waals surface area contributed by atoms with Crippen molar-refractivity contribution in [2.75, 3.05) is 0 Å². The summed E-state index contributed by atoms with van der Waals surface area (Å²) in [5, 5.41) is 26.6. The summed E-state index contributed by atoms with van der Waals surface area (Å²) >= 11 is 0. The number of benzene rings is 1. The smallest absolute Gasteiger partial charge is 0.478 e. The van der Waals surface area contributed by atoms with Crippen molar-refractivity contribution in [3.63, 3.8) is 0 Å². The van der Waals surface area contributed by atoms with Crippen LogP contribution in [0.4, 0.5) is 0 Å². The van der Waals surface area contributed by atoms with Crippen LogP contribution in [0.15, 0.2) is 18.2 Å². The number of hydrogen-bond acceptors (Lipinski definition) is 7. The van der Waals surface area contributed by atoms with Gasteiger partial charge in [0.15, 0.2) is 11.5 Å². The molecule has 0 bridgehead atoms. The molecule has 1 aromatic rings. The predicted molar refractivity (Wildman–Crippen MR) is 74.3 cm³/mol. The Morgan fingerprint density at radius 1 is 1.09 bits per heavy atom. The first-order valence-electron chi connectivity index (χ1n) is 5.53. The van der Waals surface area contributed by atoms with Gasteiger partial charge in [-0.2, -0.15) is 4.31 Å². The Balaban J connectivity index is 0.000000468. The van der Waals surface area contributed by atoms with Gasteiger partial charge in [0.25, 0.3) is 0 Å². The van der Waals surface area contributed by atoms with Crippen LogP contribution < -0.4 is 5.73 Å². The zero-order valence-corrected chi connectivity index (χ0v) is 13.0. The molecular weight excluding hydrogens is 360 g/mol. The molecular formula is C9H15NO11P2. The molecule has 1 atom stereocenters. The van der Waals surface area contributed by atoms with E-state index in [-0.39, 0.29) is 17.9 Å². The van der Waals surface area contributed by atoms with Gasteiger partial charge in [0, 0.05) is 0 Å². The number of aliphatic carboxylic acids is 1. The number of hydrogen-bond donors (Lipinski definition) is 8. The number of rotatable bonds is 5. The Bertz CT molecular complexity index is 616. The van der Waals surface area contributed by atoms with Crippen LogP contribution in [-0.4, -0.2) is 46.9 Å². The van der Waals surface area contributed by atoms with E-state index >= 15 is 0 Å². The summed E-state index contributed by atoms with van der Waals surface area (Å²) in [6.45, 7) is 0. The fraction of sp³-hybridized carbons (Fsp3) is 0.222. The first-order valence-corrected chi connectivity index (χ1v) is 8.59. The number of aromatic hydroxyl groups is 2. The molecule has 0 aliphatic carbocycles. The van der Waals surface area contributed by atoms with Crippen molar-refractivity contribution in [1.29, 1.82) is 0 Å². The van der Waals surface area contributed by atoms with Crippen LogP contribution in [0.1, 0.15) is 5.56 Å². The second kappa shape index (κ2) is 8.39. The fourth-order valence-electron chi connectivity index (χ4n) is 1.18. The fourth-order valence-corrected chi connectivity index (χ4v) is 2.28. The average Bonchev–Trinajstić information content (AvgIpc) is 2.29. The van der Waals surface area contributed by atoms with E-state index in [9.17, 15) is 13.9 Å². The summed E-state index contributed by atoms with van der Waals surface area (Å²) in [5.74, 6) is -1.62. The number of phenols is 2. The van der Waals surface area contributed by atoms with Crippen molar-refractivity contribution in [3.8, 4) is 11.5 Å². The van der Waals surface area contributed by atoms with Crippen molar-refractivity contribution < 1.29 is 53.1 Å². The van der Waals surface area contributed by atoms with Gasteiger partial charge in [-0.25, -0.2) is 9.13 Å². The normalized spacial score (nSPS) is 12.9. The summed E-state index contributed by atoms with van der Waals surface area (Å²) in [5.41, 5.74) is 5.86. The number of carboxylic acids is 1. The topological polar surface area (TPSA) is 228 Å². The molecule has 0 saturated heterocycles. The highest BCUT2D eigenvalue weighted by Gasteiger charge is 2.27. The van der Waals surface area contributed by atoms with E-state index in [1.54, 1.807) is 0 Å². The van der Waals surface area contributed by atoms with Gasteiger partial charge in [-0.15, -0.1) is 0 Å². The van der Waals surface area contributed by atoms with E-state index in [0.29, 0.717) is 5.56 Å². The summed E-state index contributed by atoms with van der Waals surface area (Å²) in [7, 11) is -10.1. The Kier molecular flexibility index (Phi) is 7.84. The first kappa shape index (κ1) is 21.5. The predicted octanol–water partition coefficient (Wildman–Crippen LogP) is -0.759. The lowest BCUT2D eigenvalue weighted by Crippen LogP contribution is -2.32. The zero-order chi connectivity index (χ0) is 18.4. The van der Waals surface area contributed by atoms with Crippen molar-refractivity contribution in [1.82, 2.24) is 0 Å². The van der Waals surface area contributed by atoms with Gasteiger partial charge in [-0.3, -0.25) is 4.79 Å². The molecule has 1 rings (SSSR count). The number of carbonyl (C=O) groups is 1. The lowest BCUT2D eigenvalue weighted by atomic mass is 10.1. The van der Waals surface area contributed by atoms with Gasteiger partial charge >= 0.3 is 21.6 Å². The van der Waals surface area contributed by atoms with Crippen LogP contribution in [0.2, 0.25) is 0 Å². The monoisotopic (exact) mass is 375 g/mol. The number of phosphoric acid groups is 2. The second-order valence-corrected chi connectivity index (χ2v) is 6.65. The van der Waals surface area contributed by atoms with Gasteiger partial charge in [-0.05, 0) is 24.1 Å². The first-order chi connectivity index (χ1) is 10.2. The van der Waals surface area contributed by atoms with Crippen molar-refractivity contribution in [3.05, 3.63) is 23.8 Å². The van der Waals surface area contributed by atoms with E-state index < -0.39 is 27.7 Å². The number of carboxylic acid groups (broad SMARTS) is 1. The average molecular weight is 375 g/mol. The quantitative estimate of drug-likeness (QED) is 0.234. The lowest BCUT2D eigenvalue weighted by molar-refractivity contribution is -0.138. The molecule has 0 aliphatic rings. The minimum absolute atomic E-state index is 0.114. The SMILES string of the molecule is N[C@@H](Cc1ccc(O)c(O)c1)C(=O)O.O=P(O)(O)OP(=O)(O)O. The molecule has 132 valence electrons. The second-order valence-electron chi connectivity index (χ2n) is 4.03. The van der Waals surface area contributed by atoms with Crippen molar-refractivity contribution in [2.45, 2.75) is 12.5 Å². The molecule has 0 saturated carbocycles. The number of nitrogens with two attached hydrogens (primary N) is 1. The van der Waals surface area contributed by atoms with Gasteiger partial charge in [-0.1, -0.05) is 6.07 Å². The standard InChI is InChI=1S/C9H11NO4.H4O7P2/c10-6(9(13)14)3-5-1-2-7(11)8(12)4-5;1-8(2,3)7-9(4,5)6/h1-2,4,6,11-12H,3,10H2,(H,13,14);(H2,1,2,3)(H2,4,5,6)/t6-;/m0./s1. The van der Waals surface area contributed by atoms with E-state index in [0.717, 1.165) is 0 Å². The Morgan fingerprint density at radius 2 is 1.57 bits per heavy atom. The Hall–Kier alpha value is -1.49. The third-order valence-electron chi connectivity index (χ3n) is 2.03. The van der Waals surface area contributed by atoms with E-state index in [4.69, 9.17) is 40.6 Å².